The topological polar surface area (TPSA) is 92.5 Å². The molecule has 7 nitrogen and oxygen atoms in total. The van der Waals surface area contributed by atoms with Gasteiger partial charge in [0.05, 0.1) is 16.2 Å². The predicted molar refractivity (Wildman–Crippen MR) is 102 cm³/mol. The molecule has 3 rings (SSSR count). The quantitative estimate of drug-likeness (QED) is 0.499. The maximum atomic E-state index is 12.6. The SMILES string of the molecule is O=C(C=Cc1ccc([N+](=O)[O-])cc1)Nc1ccccc1C(=O)N1CCCC1. The van der Waals surface area contributed by atoms with Crippen LogP contribution in [-0.4, -0.2) is 34.7 Å². The highest BCUT2D eigenvalue weighted by atomic mass is 16.6. The Balaban J connectivity index is 1.69. The molecule has 1 fully saturated rings. The average molecular weight is 365 g/mol. The molecule has 0 aromatic heterocycles. The van der Waals surface area contributed by atoms with Gasteiger partial charge in [-0.2, -0.15) is 0 Å². The van der Waals surface area contributed by atoms with Crippen molar-refractivity contribution in [1.29, 1.82) is 0 Å². The summed E-state index contributed by atoms with van der Waals surface area (Å²) in [7, 11) is 0. The smallest absolute Gasteiger partial charge is 0.269 e. The number of nitrogens with one attached hydrogen (secondary N) is 1. The molecular weight excluding hydrogens is 346 g/mol. The van der Waals surface area contributed by atoms with E-state index in [4.69, 9.17) is 0 Å². The second-order valence-corrected chi connectivity index (χ2v) is 6.22. The molecule has 0 unspecified atom stereocenters. The number of carbonyl (C=O) groups is 2. The van der Waals surface area contributed by atoms with Crippen LogP contribution in [0, 0.1) is 10.1 Å². The van der Waals surface area contributed by atoms with Crippen LogP contribution in [0.15, 0.2) is 54.6 Å². The zero-order valence-corrected chi connectivity index (χ0v) is 14.6. The molecule has 0 spiro atoms. The van der Waals surface area contributed by atoms with E-state index in [9.17, 15) is 19.7 Å². The zero-order chi connectivity index (χ0) is 19.2. The van der Waals surface area contributed by atoms with Crippen molar-refractivity contribution < 1.29 is 14.5 Å². The van der Waals surface area contributed by atoms with E-state index < -0.39 is 4.92 Å². The van der Waals surface area contributed by atoms with Crippen LogP contribution in [-0.2, 0) is 4.79 Å². The van der Waals surface area contributed by atoms with Gasteiger partial charge in [0.2, 0.25) is 5.91 Å². The second-order valence-electron chi connectivity index (χ2n) is 6.22. The lowest BCUT2D eigenvalue weighted by atomic mass is 10.1. The van der Waals surface area contributed by atoms with Gasteiger partial charge in [0, 0.05) is 31.3 Å². The molecule has 0 atom stereocenters. The molecule has 1 N–H and O–H groups in total. The van der Waals surface area contributed by atoms with Crippen molar-refractivity contribution >= 4 is 29.3 Å². The third-order valence-corrected chi connectivity index (χ3v) is 4.34. The lowest BCUT2D eigenvalue weighted by molar-refractivity contribution is -0.384. The predicted octanol–water partition coefficient (Wildman–Crippen LogP) is 3.48. The first-order valence-corrected chi connectivity index (χ1v) is 8.66. The summed E-state index contributed by atoms with van der Waals surface area (Å²) in [5.74, 6) is -0.460. The van der Waals surface area contributed by atoms with E-state index in [0.29, 0.717) is 16.8 Å². The molecule has 7 heteroatoms. The Morgan fingerprint density at radius 1 is 1.04 bits per heavy atom. The first-order chi connectivity index (χ1) is 13.0. The maximum Gasteiger partial charge on any atom is 0.269 e. The van der Waals surface area contributed by atoms with Crippen molar-refractivity contribution in [1.82, 2.24) is 4.90 Å². The van der Waals surface area contributed by atoms with E-state index in [-0.39, 0.29) is 17.5 Å². The number of likely N-dealkylation sites (tertiary alicyclic amines) is 1. The van der Waals surface area contributed by atoms with Gasteiger partial charge in [0.15, 0.2) is 0 Å². The summed E-state index contributed by atoms with van der Waals surface area (Å²) < 4.78 is 0. The summed E-state index contributed by atoms with van der Waals surface area (Å²) in [6.07, 6.45) is 4.89. The van der Waals surface area contributed by atoms with E-state index in [1.807, 2.05) is 0 Å². The van der Waals surface area contributed by atoms with Crippen molar-refractivity contribution in [3.63, 3.8) is 0 Å². The number of carbonyl (C=O) groups excluding carboxylic acids is 2. The van der Waals surface area contributed by atoms with Crippen molar-refractivity contribution in [3.05, 3.63) is 75.8 Å². The molecule has 1 saturated heterocycles. The van der Waals surface area contributed by atoms with Crippen molar-refractivity contribution in [2.24, 2.45) is 0 Å². The molecule has 0 saturated carbocycles. The van der Waals surface area contributed by atoms with Crippen molar-refractivity contribution in [2.75, 3.05) is 18.4 Å². The molecule has 27 heavy (non-hydrogen) atoms. The van der Waals surface area contributed by atoms with Crippen LogP contribution in [0.3, 0.4) is 0 Å². The summed E-state index contributed by atoms with van der Waals surface area (Å²) in [5.41, 5.74) is 1.59. The summed E-state index contributed by atoms with van der Waals surface area (Å²) in [6, 6.07) is 12.8. The largest absolute Gasteiger partial charge is 0.339 e. The molecule has 2 aromatic rings. The fourth-order valence-electron chi connectivity index (χ4n) is 2.92. The monoisotopic (exact) mass is 365 g/mol. The Kier molecular flexibility index (Phi) is 5.61. The van der Waals surface area contributed by atoms with E-state index in [1.54, 1.807) is 47.4 Å². The maximum absolute atomic E-state index is 12.6. The number of benzene rings is 2. The number of para-hydroxylation sites is 1. The second kappa shape index (κ2) is 8.27. The highest BCUT2D eigenvalue weighted by Crippen LogP contribution is 2.20. The molecule has 2 amide bonds. The summed E-state index contributed by atoms with van der Waals surface area (Å²) in [6.45, 7) is 1.47. The third-order valence-electron chi connectivity index (χ3n) is 4.34. The number of nitro benzene ring substituents is 1. The fraction of sp³-hybridized carbons (Fsp3) is 0.200. The molecule has 1 heterocycles. The van der Waals surface area contributed by atoms with Crippen LogP contribution < -0.4 is 5.32 Å². The first-order valence-electron chi connectivity index (χ1n) is 8.66. The van der Waals surface area contributed by atoms with Crippen molar-refractivity contribution in [2.45, 2.75) is 12.8 Å². The molecular formula is C20H19N3O4. The highest BCUT2D eigenvalue weighted by molar-refractivity contribution is 6.07. The molecule has 2 aromatic carbocycles. The highest BCUT2D eigenvalue weighted by Gasteiger charge is 2.21. The van der Waals surface area contributed by atoms with E-state index in [0.717, 1.165) is 25.9 Å². The third kappa shape index (κ3) is 4.58. The van der Waals surface area contributed by atoms with Crippen LogP contribution >= 0.6 is 0 Å². The van der Waals surface area contributed by atoms with Gasteiger partial charge in [-0.15, -0.1) is 0 Å². The Bertz CT molecular complexity index is 884. The van der Waals surface area contributed by atoms with Gasteiger partial charge in [-0.1, -0.05) is 12.1 Å². The molecule has 1 aliphatic heterocycles. The Labute approximate surface area is 156 Å². The van der Waals surface area contributed by atoms with Crippen LogP contribution in [0.5, 0.6) is 0 Å². The standard InChI is InChI=1S/C20H19N3O4/c24-19(12-9-15-7-10-16(11-8-15)23(26)27)21-18-6-2-1-5-17(18)20(25)22-13-3-4-14-22/h1-2,5-12H,3-4,13-14H2,(H,21,24). The van der Waals surface area contributed by atoms with Crippen LogP contribution in [0.4, 0.5) is 11.4 Å². The van der Waals surface area contributed by atoms with Gasteiger partial charge >= 0.3 is 0 Å². The number of non-ortho nitro benzene ring substituents is 1. The normalized spacial score (nSPS) is 13.7. The number of hydrogen-bond donors (Lipinski definition) is 1. The summed E-state index contributed by atoms with van der Waals surface area (Å²) in [5, 5.41) is 13.4. The summed E-state index contributed by atoms with van der Waals surface area (Å²) >= 11 is 0. The van der Waals surface area contributed by atoms with Gasteiger partial charge in [-0.25, -0.2) is 0 Å². The molecule has 0 radical (unpaired) electrons. The van der Waals surface area contributed by atoms with E-state index in [1.165, 1.54) is 18.2 Å². The first kappa shape index (κ1) is 18.3. The number of hydrogen-bond acceptors (Lipinski definition) is 4. The van der Waals surface area contributed by atoms with Crippen LogP contribution in [0.25, 0.3) is 6.08 Å². The number of amides is 2. The molecule has 1 aliphatic rings. The Morgan fingerprint density at radius 2 is 1.70 bits per heavy atom. The van der Waals surface area contributed by atoms with Gasteiger partial charge in [0.1, 0.15) is 0 Å². The molecule has 0 aliphatic carbocycles. The molecule has 138 valence electrons. The van der Waals surface area contributed by atoms with E-state index >= 15 is 0 Å². The number of anilines is 1. The lowest BCUT2D eigenvalue weighted by Gasteiger charge is -2.17. The Hall–Kier alpha value is -3.48. The number of nitrogens with zero attached hydrogens (tertiary/aromatic N) is 2. The van der Waals surface area contributed by atoms with Gasteiger partial charge in [0.25, 0.3) is 11.6 Å². The minimum Gasteiger partial charge on any atom is -0.339 e. The summed E-state index contributed by atoms with van der Waals surface area (Å²) in [4.78, 5) is 36.8. The fourth-order valence-corrected chi connectivity index (χ4v) is 2.92. The van der Waals surface area contributed by atoms with Crippen LogP contribution in [0.2, 0.25) is 0 Å². The lowest BCUT2D eigenvalue weighted by Crippen LogP contribution is -2.28. The number of rotatable bonds is 5. The van der Waals surface area contributed by atoms with Gasteiger partial charge in [-0.3, -0.25) is 19.7 Å². The zero-order valence-electron chi connectivity index (χ0n) is 14.6. The number of nitro groups is 1. The Morgan fingerprint density at radius 3 is 2.37 bits per heavy atom. The van der Waals surface area contributed by atoms with E-state index in [2.05, 4.69) is 5.32 Å². The van der Waals surface area contributed by atoms with Gasteiger partial charge in [-0.05, 0) is 48.7 Å². The minimum absolute atomic E-state index is 0.00838. The van der Waals surface area contributed by atoms with Crippen molar-refractivity contribution in [3.8, 4) is 0 Å². The van der Waals surface area contributed by atoms with Gasteiger partial charge < -0.3 is 10.2 Å². The average Bonchev–Trinajstić information content (AvgIpc) is 3.21. The molecule has 0 bridgehead atoms. The van der Waals surface area contributed by atoms with Crippen LogP contribution in [0.1, 0.15) is 28.8 Å². The minimum atomic E-state index is -0.478.